The molecule has 0 aliphatic carbocycles. The van der Waals surface area contributed by atoms with E-state index >= 15 is 0 Å². The molecule has 0 saturated carbocycles. The summed E-state index contributed by atoms with van der Waals surface area (Å²) in [5.41, 5.74) is -3.10. The molecule has 10 heteroatoms. The highest BCUT2D eigenvalue weighted by Crippen LogP contribution is 2.50. The van der Waals surface area contributed by atoms with Crippen molar-refractivity contribution in [2.45, 2.75) is 32.7 Å². The highest BCUT2D eigenvalue weighted by atomic mass is 19.4. The lowest BCUT2D eigenvalue weighted by Gasteiger charge is -2.32. The summed E-state index contributed by atoms with van der Waals surface area (Å²) in [4.78, 5) is 14.0. The van der Waals surface area contributed by atoms with Gasteiger partial charge in [-0.1, -0.05) is 6.07 Å². The van der Waals surface area contributed by atoms with Crippen LogP contribution in [0, 0.1) is 12.3 Å². The minimum Gasteiger partial charge on any atom is -0.379 e. The first-order valence-corrected chi connectivity index (χ1v) is 8.21. The van der Waals surface area contributed by atoms with Crippen molar-refractivity contribution in [1.29, 1.82) is 0 Å². The summed E-state index contributed by atoms with van der Waals surface area (Å²) in [6, 6.07) is 4.23. The van der Waals surface area contributed by atoms with Crippen LogP contribution in [0.25, 0.3) is 0 Å². The number of rotatable bonds is 4. The second kappa shape index (κ2) is 7.67. The molecular formula is C17H20F6N2O2. The first-order chi connectivity index (χ1) is 12.4. The molecule has 1 amide bonds. The van der Waals surface area contributed by atoms with Gasteiger partial charge < -0.3 is 10.1 Å². The van der Waals surface area contributed by atoms with E-state index in [1.807, 2.05) is 4.90 Å². The van der Waals surface area contributed by atoms with Crippen LogP contribution in [0.3, 0.4) is 0 Å². The Hall–Kier alpha value is -1.81. The molecule has 4 nitrogen and oxygen atoms in total. The Balaban J connectivity index is 2.23. The zero-order valence-corrected chi connectivity index (χ0v) is 14.8. The largest absolute Gasteiger partial charge is 0.411 e. The Bertz CT molecular complexity index is 667. The highest BCUT2D eigenvalue weighted by Gasteiger charge is 2.72. The monoisotopic (exact) mass is 398 g/mol. The second-order valence-corrected chi connectivity index (χ2v) is 6.60. The maximum absolute atomic E-state index is 13.0. The van der Waals surface area contributed by atoms with Crippen molar-refractivity contribution in [3.8, 4) is 0 Å². The van der Waals surface area contributed by atoms with Crippen LogP contribution in [-0.2, 0) is 16.1 Å². The van der Waals surface area contributed by atoms with Crippen molar-refractivity contribution < 1.29 is 35.9 Å². The number of carbonyl (C=O) groups excluding carboxylic acids is 1. The normalized spacial score (nSPS) is 17.0. The van der Waals surface area contributed by atoms with Crippen LogP contribution in [0.4, 0.5) is 32.0 Å². The van der Waals surface area contributed by atoms with Gasteiger partial charge in [-0.15, -0.1) is 0 Å². The number of aryl methyl sites for hydroxylation is 1. The summed E-state index contributed by atoms with van der Waals surface area (Å²) in [6.45, 7) is 4.49. The van der Waals surface area contributed by atoms with Crippen molar-refractivity contribution in [2.75, 3.05) is 31.6 Å². The molecule has 1 N–H and O–H groups in total. The van der Waals surface area contributed by atoms with E-state index in [1.54, 1.807) is 18.3 Å². The number of ether oxygens (including phenoxy) is 1. The van der Waals surface area contributed by atoms with E-state index in [-0.39, 0.29) is 12.6 Å². The fourth-order valence-corrected chi connectivity index (χ4v) is 2.59. The van der Waals surface area contributed by atoms with E-state index in [0.29, 0.717) is 38.4 Å². The van der Waals surface area contributed by atoms with Gasteiger partial charge in [0.1, 0.15) is 0 Å². The summed E-state index contributed by atoms with van der Waals surface area (Å²) in [5.74, 6) is -2.16. The maximum atomic E-state index is 13.0. The minimum atomic E-state index is -5.78. The number of morpholine rings is 1. The molecule has 0 bridgehead atoms. The number of alkyl halides is 6. The lowest BCUT2D eigenvalue weighted by Crippen LogP contribution is -2.55. The molecule has 152 valence electrons. The van der Waals surface area contributed by atoms with Gasteiger partial charge in [0, 0.05) is 25.3 Å². The number of nitrogens with one attached hydrogen (secondary N) is 1. The van der Waals surface area contributed by atoms with E-state index in [1.165, 1.54) is 12.1 Å². The molecule has 1 saturated heterocycles. The fraction of sp³-hybridized carbons (Fsp3) is 0.588. The van der Waals surface area contributed by atoms with E-state index in [0.717, 1.165) is 5.56 Å². The van der Waals surface area contributed by atoms with Crippen LogP contribution in [0.15, 0.2) is 18.2 Å². The Morgan fingerprint density at radius 1 is 1.11 bits per heavy atom. The molecule has 0 aromatic heterocycles. The van der Waals surface area contributed by atoms with Crippen LogP contribution in [-0.4, -0.2) is 49.5 Å². The van der Waals surface area contributed by atoms with E-state index in [2.05, 4.69) is 0 Å². The van der Waals surface area contributed by atoms with Crippen molar-refractivity contribution in [3.63, 3.8) is 0 Å². The lowest BCUT2D eigenvalue weighted by molar-refractivity contribution is -0.317. The van der Waals surface area contributed by atoms with E-state index in [9.17, 15) is 31.1 Å². The van der Waals surface area contributed by atoms with Gasteiger partial charge in [0.05, 0.1) is 13.2 Å². The number of nitrogens with zero attached hydrogens (tertiary/aromatic N) is 1. The van der Waals surface area contributed by atoms with Crippen molar-refractivity contribution >= 4 is 11.6 Å². The maximum Gasteiger partial charge on any atom is 0.411 e. The van der Waals surface area contributed by atoms with Crippen molar-refractivity contribution in [3.05, 3.63) is 29.3 Å². The van der Waals surface area contributed by atoms with Gasteiger partial charge in [0.15, 0.2) is 0 Å². The molecule has 27 heavy (non-hydrogen) atoms. The smallest absolute Gasteiger partial charge is 0.379 e. The zero-order valence-electron chi connectivity index (χ0n) is 14.8. The average Bonchev–Trinajstić information content (AvgIpc) is 2.56. The Labute approximate surface area is 152 Å². The van der Waals surface area contributed by atoms with Crippen LogP contribution in [0.1, 0.15) is 18.1 Å². The van der Waals surface area contributed by atoms with Gasteiger partial charge in [0.2, 0.25) is 11.3 Å². The third-order valence-corrected chi connectivity index (χ3v) is 4.69. The standard InChI is InChI=1S/C17H20F6N2O2/c1-11-3-4-13(9-12(11)10-25-5-7-27-8-6-25)24-14(26)15(2,16(18,19)20)17(21,22)23/h3-4,9H,5-8,10H2,1-2H3,(H,24,26). The number of benzene rings is 1. The number of hydrogen-bond donors (Lipinski definition) is 1. The van der Waals surface area contributed by atoms with Crippen LogP contribution in [0.2, 0.25) is 0 Å². The summed E-state index contributed by atoms with van der Waals surface area (Å²) in [6.07, 6.45) is -11.6. The van der Waals surface area contributed by atoms with Gasteiger partial charge in [-0.05, 0) is 37.1 Å². The van der Waals surface area contributed by atoms with Crippen LogP contribution >= 0.6 is 0 Å². The number of carbonyl (C=O) groups is 1. The zero-order chi connectivity index (χ0) is 20.5. The topological polar surface area (TPSA) is 41.6 Å². The van der Waals surface area contributed by atoms with Gasteiger partial charge in [-0.25, -0.2) is 0 Å². The Morgan fingerprint density at radius 3 is 2.19 bits per heavy atom. The van der Waals surface area contributed by atoms with Crippen LogP contribution in [0.5, 0.6) is 0 Å². The average molecular weight is 398 g/mol. The SMILES string of the molecule is Cc1ccc(NC(=O)C(C)(C(F)(F)F)C(F)(F)F)cc1CN1CCOCC1. The molecule has 1 fully saturated rings. The van der Waals surface area contributed by atoms with Crippen molar-refractivity contribution in [2.24, 2.45) is 5.41 Å². The van der Waals surface area contributed by atoms with Crippen molar-refractivity contribution in [1.82, 2.24) is 4.90 Å². The number of amides is 1. The minimum absolute atomic E-state index is 0.117. The van der Waals surface area contributed by atoms with Gasteiger partial charge in [0.25, 0.3) is 0 Å². The summed E-state index contributed by atoms with van der Waals surface area (Å²) >= 11 is 0. The highest BCUT2D eigenvalue weighted by molar-refractivity contribution is 5.96. The predicted octanol–water partition coefficient (Wildman–Crippen LogP) is 3.90. The lowest BCUT2D eigenvalue weighted by atomic mass is 9.87. The van der Waals surface area contributed by atoms with Gasteiger partial charge in [-0.2, -0.15) is 26.3 Å². The summed E-state index contributed by atoms with van der Waals surface area (Å²) in [7, 11) is 0. The quantitative estimate of drug-likeness (QED) is 0.783. The molecule has 1 aromatic rings. The molecule has 1 aromatic carbocycles. The molecular weight excluding hydrogens is 378 g/mol. The number of hydrogen-bond acceptors (Lipinski definition) is 3. The Morgan fingerprint density at radius 2 is 1.67 bits per heavy atom. The molecule has 0 radical (unpaired) electrons. The first kappa shape index (κ1) is 21.5. The summed E-state index contributed by atoms with van der Waals surface area (Å²) < 4.78 is 83.3. The Kier molecular flexibility index (Phi) is 6.10. The first-order valence-electron chi connectivity index (χ1n) is 8.21. The molecule has 0 spiro atoms. The van der Waals surface area contributed by atoms with Gasteiger partial charge >= 0.3 is 12.4 Å². The third-order valence-electron chi connectivity index (χ3n) is 4.69. The summed E-state index contributed by atoms with van der Waals surface area (Å²) in [5, 5.41) is 1.78. The van der Waals surface area contributed by atoms with E-state index in [4.69, 9.17) is 4.74 Å². The van der Waals surface area contributed by atoms with Crippen LogP contribution < -0.4 is 5.32 Å². The van der Waals surface area contributed by atoms with E-state index < -0.39 is 23.7 Å². The predicted molar refractivity (Wildman–Crippen MR) is 86.1 cm³/mol. The molecule has 1 heterocycles. The third kappa shape index (κ3) is 4.55. The molecule has 0 unspecified atom stereocenters. The fourth-order valence-electron chi connectivity index (χ4n) is 2.59. The van der Waals surface area contributed by atoms with Gasteiger partial charge in [-0.3, -0.25) is 9.69 Å². The molecule has 1 aliphatic rings. The number of halogens is 6. The molecule has 1 aliphatic heterocycles. The molecule has 2 rings (SSSR count). The second-order valence-electron chi connectivity index (χ2n) is 6.60. The number of anilines is 1. The molecule has 0 atom stereocenters.